The van der Waals surface area contributed by atoms with Crippen molar-refractivity contribution in [3.63, 3.8) is 0 Å². The molecule has 0 unspecified atom stereocenters. The van der Waals surface area contributed by atoms with Crippen LogP contribution in [-0.2, 0) is 0 Å². The van der Waals surface area contributed by atoms with E-state index >= 15 is 0 Å². The van der Waals surface area contributed by atoms with Crippen LogP contribution in [0.3, 0.4) is 0 Å². The lowest BCUT2D eigenvalue weighted by atomic mass is 10.2. The minimum Gasteiger partial charge on any atom is -0.478 e. The number of rotatable bonds is 4. The molecule has 18 heavy (non-hydrogen) atoms. The highest BCUT2D eigenvalue weighted by Gasteiger charge is 2.11. The Hall–Kier alpha value is -1.56. The monoisotopic (exact) mass is 314 g/mol. The Balaban J connectivity index is 2.79. The summed E-state index contributed by atoms with van der Waals surface area (Å²) in [5.41, 5.74) is 0.717. The number of hydrogen-bond donors (Lipinski definition) is 2. The van der Waals surface area contributed by atoms with Crippen LogP contribution in [0.4, 0.5) is 10.5 Å². The smallest absolute Gasteiger partial charge is 0.335 e. The van der Waals surface area contributed by atoms with E-state index in [1.807, 2.05) is 6.92 Å². The number of anilines is 1. The fraction of sp³-hybridized carbons (Fsp3) is 0.333. The standard InChI is InChI=1S/C12H15BrN2O3/c1-3-6-15(2)12(18)14-10-5-4-8(11(16)17)7-9(10)13/h4-5,7H,3,6H2,1-2H3,(H,14,18)(H,16,17). The van der Waals surface area contributed by atoms with Gasteiger partial charge in [0.15, 0.2) is 0 Å². The lowest BCUT2D eigenvalue weighted by Crippen LogP contribution is -2.31. The maximum absolute atomic E-state index is 11.8. The van der Waals surface area contributed by atoms with Gasteiger partial charge in [-0.15, -0.1) is 0 Å². The number of carbonyl (C=O) groups excluding carboxylic acids is 1. The molecule has 2 amide bonds. The molecule has 0 saturated carbocycles. The number of benzene rings is 1. The second-order valence-corrected chi connectivity index (χ2v) is 4.71. The Morgan fingerprint density at radius 1 is 1.44 bits per heavy atom. The summed E-state index contributed by atoms with van der Waals surface area (Å²) in [6.45, 7) is 2.65. The number of amides is 2. The second-order valence-electron chi connectivity index (χ2n) is 3.85. The molecule has 0 aliphatic carbocycles. The minimum atomic E-state index is -1.00. The number of carboxylic acids is 1. The molecule has 1 aromatic rings. The van der Waals surface area contributed by atoms with E-state index < -0.39 is 5.97 Å². The first kappa shape index (κ1) is 14.5. The van der Waals surface area contributed by atoms with Gasteiger partial charge in [0.05, 0.1) is 11.3 Å². The van der Waals surface area contributed by atoms with Crippen molar-refractivity contribution in [2.45, 2.75) is 13.3 Å². The van der Waals surface area contributed by atoms with Crippen LogP contribution in [0.5, 0.6) is 0 Å². The van der Waals surface area contributed by atoms with Crippen molar-refractivity contribution in [1.82, 2.24) is 4.90 Å². The minimum absolute atomic E-state index is 0.168. The van der Waals surface area contributed by atoms with E-state index in [-0.39, 0.29) is 11.6 Å². The Kier molecular flexibility index (Phi) is 5.15. The van der Waals surface area contributed by atoms with Gasteiger partial charge in [-0.3, -0.25) is 0 Å². The molecular weight excluding hydrogens is 300 g/mol. The number of hydrogen-bond acceptors (Lipinski definition) is 2. The fourth-order valence-electron chi connectivity index (χ4n) is 1.40. The van der Waals surface area contributed by atoms with Gasteiger partial charge >= 0.3 is 12.0 Å². The maximum Gasteiger partial charge on any atom is 0.335 e. The number of urea groups is 1. The quantitative estimate of drug-likeness (QED) is 0.897. The van der Waals surface area contributed by atoms with Crippen molar-refractivity contribution in [3.05, 3.63) is 28.2 Å². The van der Waals surface area contributed by atoms with Crippen LogP contribution in [0.2, 0.25) is 0 Å². The zero-order valence-electron chi connectivity index (χ0n) is 10.2. The molecule has 0 radical (unpaired) electrons. The van der Waals surface area contributed by atoms with Gasteiger partial charge in [0.2, 0.25) is 0 Å². The Bertz CT molecular complexity index is 463. The molecule has 98 valence electrons. The van der Waals surface area contributed by atoms with E-state index in [9.17, 15) is 9.59 Å². The van der Waals surface area contributed by atoms with Gasteiger partial charge in [0, 0.05) is 18.1 Å². The van der Waals surface area contributed by atoms with Crippen molar-refractivity contribution in [3.8, 4) is 0 Å². The van der Waals surface area contributed by atoms with Crippen molar-refractivity contribution < 1.29 is 14.7 Å². The molecule has 0 aliphatic heterocycles. The molecule has 5 nitrogen and oxygen atoms in total. The summed E-state index contributed by atoms with van der Waals surface area (Å²) in [6, 6.07) is 4.24. The Labute approximate surface area is 114 Å². The number of nitrogens with zero attached hydrogens (tertiary/aromatic N) is 1. The highest BCUT2D eigenvalue weighted by atomic mass is 79.9. The average Bonchev–Trinajstić information content (AvgIpc) is 2.31. The summed E-state index contributed by atoms with van der Waals surface area (Å²) in [6.07, 6.45) is 0.878. The van der Waals surface area contributed by atoms with E-state index in [4.69, 9.17) is 5.11 Å². The summed E-state index contributed by atoms with van der Waals surface area (Å²) in [5, 5.41) is 11.5. The largest absolute Gasteiger partial charge is 0.478 e. The van der Waals surface area contributed by atoms with Gasteiger partial charge in [0.25, 0.3) is 0 Å². The van der Waals surface area contributed by atoms with E-state index in [1.165, 1.54) is 12.1 Å². The van der Waals surface area contributed by atoms with Gasteiger partial charge in [-0.25, -0.2) is 9.59 Å². The molecule has 0 fully saturated rings. The molecule has 0 aliphatic rings. The molecule has 0 heterocycles. The molecule has 1 aromatic carbocycles. The molecule has 1 rings (SSSR count). The van der Waals surface area contributed by atoms with Crippen molar-refractivity contribution >= 4 is 33.6 Å². The second kappa shape index (κ2) is 6.39. The van der Waals surface area contributed by atoms with E-state index in [0.29, 0.717) is 16.7 Å². The number of halogens is 1. The zero-order chi connectivity index (χ0) is 13.7. The van der Waals surface area contributed by atoms with Gasteiger partial charge < -0.3 is 15.3 Å². The van der Waals surface area contributed by atoms with Crippen LogP contribution in [0, 0.1) is 0 Å². The summed E-state index contributed by atoms with van der Waals surface area (Å²) in [4.78, 5) is 24.1. The fourth-order valence-corrected chi connectivity index (χ4v) is 1.88. The third-order valence-electron chi connectivity index (χ3n) is 2.36. The van der Waals surface area contributed by atoms with Crippen LogP contribution in [0.25, 0.3) is 0 Å². The zero-order valence-corrected chi connectivity index (χ0v) is 11.8. The van der Waals surface area contributed by atoms with Crippen molar-refractivity contribution in [1.29, 1.82) is 0 Å². The molecular formula is C12H15BrN2O3. The number of aromatic carboxylic acids is 1. The van der Waals surface area contributed by atoms with E-state index in [1.54, 1.807) is 18.0 Å². The van der Waals surface area contributed by atoms with E-state index in [2.05, 4.69) is 21.2 Å². The molecule has 0 atom stereocenters. The van der Waals surface area contributed by atoms with Crippen molar-refractivity contribution in [2.24, 2.45) is 0 Å². The lowest BCUT2D eigenvalue weighted by Gasteiger charge is -2.17. The first-order valence-electron chi connectivity index (χ1n) is 5.50. The van der Waals surface area contributed by atoms with Crippen LogP contribution >= 0.6 is 15.9 Å². The molecule has 0 spiro atoms. The number of carboxylic acid groups (broad SMARTS) is 1. The first-order valence-corrected chi connectivity index (χ1v) is 6.30. The topological polar surface area (TPSA) is 69.6 Å². The Morgan fingerprint density at radius 2 is 2.11 bits per heavy atom. The van der Waals surface area contributed by atoms with Gasteiger partial charge in [-0.2, -0.15) is 0 Å². The molecule has 6 heteroatoms. The predicted molar refractivity (Wildman–Crippen MR) is 73.0 cm³/mol. The maximum atomic E-state index is 11.8. The molecule has 0 bridgehead atoms. The Morgan fingerprint density at radius 3 is 2.61 bits per heavy atom. The predicted octanol–water partition coefficient (Wildman–Crippen LogP) is 3.02. The molecule has 0 saturated heterocycles. The third-order valence-corrected chi connectivity index (χ3v) is 3.02. The average molecular weight is 315 g/mol. The summed E-state index contributed by atoms with van der Waals surface area (Å²) in [7, 11) is 1.71. The SMILES string of the molecule is CCCN(C)C(=O)Nc1ccc(C(=O)O)cc1Br. The molecule has 2 N–H and O–H groups in total. The highest BCUT2D eigenvalue weighted by Crippen LogP contribution is 2.24. The van der Waals surface area contributed by atoms with Crippen molar-refractivity contribution in [2.75, 3.05) is 18.9 Å². The number of carbonyl (C=O) groups is 2. The van der Waals surface area contributed by atoms with Gasteiger partial charge in [-0.1, -0.05) is 6.92 Å². The van der Waals surface area contributed by atoms with Gasteiger partial charge in [0.1, 0.15) is 0 Å². The summed E-state index contributed by atoms with van der Waals surface area (Å²) < 4.78 is 0.542. The van der Waals surface area contributed by atoms with Crippen LogP contribution < -0.4 is 5.32 Å². The normalized spacial score (nSPS) is 9.94. The highest BCUT2D eigenvalue weighted by molar-refractivity contribution is 9.10. The van der Waals surface area contributed by atoms with Crippen LogP contribution in [0.1, 0.15) is 23.7 Å². The summed E-state index contributed by atoms with van der Waals surface area (Å²) in [5.74, 6) is -1.00. The first-order chi connectivity index (χ1) is 8.45. The number of nitrogens with one attached hydrogen (secondary N) is 1. The van der Waals surface area contributed by atoms with Crippen LogP contribution in [-0.4, -0.2) is 35.6 Å². The molecule has 0 aromatic heterocycles. The summed E-state index contributed by atoms with van der Waals surface area (Å²) >= 11 is 3.24. The van der Waals surface area contributed by atoms with Crippen LogP contribution in [0.15, 0.2) is 22.7 Å². The third kappa shape index (κ3) is 3.73. The van der Waals surface area contributed by atoms with Gasteiger partial charge in [-0.05, 0) is 40.5 Å². The van der Waals surface area contributed by atoms with E-state index in [0.717, 1.165) is 6.42 Å². The lowest BCUT2D eigenvalue weighted by molar-refractivity contribution is 0.0697.